The van der Waals surface area contributed by atoms with Crippen LogP contribution >= 0.6 is 23.2 Å². The zero-order valence-electron chi connectivity index (χ0n) is 8.37. The largest absolute Gasteiger partial charge is 0.396 e. The number of benzene rings is 1. The quantitative estimate of drug-likeness (QED) is 0.789. The summed E-state index contributed by atoms with van der Waals surface area (Å²) in [4.78, 5) is 17.1. The van der Waals surface area contributed by atoms with E-state index in [4.69, 9.17) is 33.8 Å². The Morgan fingerprint density at radius 1 is 1.38 bits per heavy atom. The number of halogens is 2. The topological polar surface area (TPSA) is 55.6 Å². The Balaban J connectivity index is 2.29. The van der Waals surface area contributed by atoms with E-state index < -0.39 is 0 Å². The molecule has 1 aliphatic rings. The summed E-state index contributed by atoms with van der Waals surface area (Å²) < 4.78 is 0. The fourth-order valence-electron chi connectivity index (χ4n) is 1.46. The van der Waals surface area contributed by atoms with Crippen LogP contribution in [0.5, 0.6) is 0 Å². The van der Waals surface area contributed by atoms with E-state index in [1.165, 1.54) is 17.2 Å². The van der Waals surface area contributed by atoms with E-state index >= 15 is 0 Å². The summed E-state index contributed by atoms with van der Waals surface area (Å²) in [7, 11) is 0. The zero-order valence-corrected chi connectivity index (χ0v) is 9.88. The molecule has 4 nitrogen and oxygen atoms in total. The molecule has 0 unspecified atom stereocenters. The van der Waals surface area contributed by atoms with Crippen molar-refractivity contribution in [2.45, 2.75) is 6.42 Å². The molecular weight excluding hydrogens is 251 g/mol. The van der Waals surface area contributed by atoms with Gasteiger partial charge in [-0.15, -0.1) is 0 Å². The van der Waals surface area contributed by atoms with Gasteiger partial charge in [0.2, 0.25) is 0 Å². The normalized spacial score (nSPS) is 15.5. The van der Waals surface area contributed by atoms with Crippen molar-refractivity contribution in [2.75, 3.05) is 18.9 Å². The molecule has 1 fully saturated rings. The third-order valence-electron chi connectivity index (χ3n) is 2.31. The number of carbonyl (C=O) groups excluding carboxylic acids is 1. The van der Waals surface area contributed by atoms with Crippen molar-refractivity contribution < 1.29 is 9.63 Å². The number of rotatable bonds is 1. The molecule has 0 radical (unpaired) electrons. The number of amides is 1. The average molecular weight is 261 g/mol. The van der Waals surface area contributed by atoms with E-state index in [-0.39, 0.29) is 21.6 Å². The standard InChI is InChI=1S/C10H10Cl2N2O2/c11-7-4-6(5-8(12)9(7)13)10(15)14-2-1-3-16-14/h4-5H,1-3,13H2. The van der Waals surface area contributed by atoms with Gasteiger partial charge >= 0.3 is 0 Å². The van der Waals surface area contributed by atoms with Gasteiger partial charge < -0.3 is 5.73 Å². The number of hydroxylamine groups is 2. The highest BCUT2D eigenvalue weighted by molar-refractivity contribution is 6.39. The SMILES string of the molecule is Nc1c(Cl)cc(C(=O)N2CCCO2)cc1Cl. The van der Waals surface area contributed by atoms with Gasteiger partial charge in [0.15, 0.2) is 0 Å². The van der Waals surface area contributed by atoms with Crippen LogP contribution in [-0.2, 0) is 4.84 Å². The first kappa shape index (κ1) is 11.5. The minimum atomic E-state index is -0.249. The van der Waals surface area contributed by atoms with E-state index in [1.54, 1.807) is 0 Å². The Kier molecular flexibility index (Phi) is 3.23. The van der Waals surface area contributed by atoms with Crippen molar-refractivity contribution >= 4 is 34.8 Å². The van der Waals surface area contributed by atoms with E-state index in [0.29, 0.717) is 18.7 Å². The van der Waals surface area contributed by atoms with Crippen LogP contribution in [0.2, 0.25) is 10.0 Å². The second-order valence-corrected chi connectivity index (χ2v) is 4.26. The molecular formula is C10H10Cl2N2O2. The zero-order chi connectivity index (χ0) is 11.7. The maximum atomic E-state index is 11.9. The Morgan fingerprint density at radius 3 is 2.50 bits per heavy atom. The fourth-order valence-corrected chi connectivity index (χ4v) is 1.95. The molecule has 2 N–H and O–H groups in total. The molecule has 0 atom stereocenters. The molecule has 1 saturated heterocycles. The maximum Gasteiger partial charge on any atom is 0.277 e. The molecule has 86 valence electrons. The monoisotopic (exact) mass is 260 g/mol. The molecule has 1 amide bonds. The number of nitrogens with two attached hydrogens (primary N) is 1. The van der Waals surface area contributed by atoms with Crippen LogP contribution in [0.3, 0.4) is 0 Å². The van der Waals surface area contributed by atoms with Gasteiger partial charge in [0.1, 0.15) is 0 Å². The van der Waals surface area contributed by atoms with Crippen LogP contribution < -0.4 is 5.73 Å². The van der Waals surface area contributed by atoms with Crippen LogP contribution in [0.25, 0.3) is 0 Å². The van der Waals surface area contributed by atoms with Gasteiger partial charge in [-0.05, 0) is 18.6 Å². The Labute approximate surface area is 103 Å². The van der Waals surface area contributed by atoms with Crippen LogP contribution in [0.1, 0.15) is 16.8 Å². The van der Waals surface area contributed by atoms with E-state index in [9.17, 15) is 4.79 Å². The Bertz CT molecular complexity index is 408. The lowest BCUT2D eigenvalue weighted by Crippen LogP contribution is -2.26. The van der Waals surface area contributed by atoms with E-state index in [0.717, 1.165) is 6.42 Å². The lowest BCUT2D eigenvalue weighted by molar-refractivity contribution is -0.0768. The Hall–Kier alpha value is -0.970. The smallest absolute Gasteiger partial charge is 0.277 e. The van der Waals surface area contributed by atoms with Gasteiger partial charge in [-0.1, -0.05) is 23.2 Å². The van der Waals surface area contributed by atoms with Gasteiger partial charge in [0, 0.05) is 5.56 Å². The molecule has 1 aromatic carbocycles. The number of nitrogens with zero attached hydrogens (tertiary/aromatic N) is 1. The van der Waals surface area contributed by atoms with Gasteiger partial charge in [-0.25, -0.2) is 5.06 Å². The second-order valence-electron chi connectivity index (χ2n) is 3.45. The molecule has 0 spiro atoms. The molecule has 2 rings (SSSR count). The summed E-state index contributed by atoms with van der Waals surface area (Å²) in [6, 6.07) is 2.99. The van der Waals surface area contributed by atoms with Crippen LogP contribution in [0.4, 0.5) is 5.69 Å². The molecule has 16 heavy (non-hydrogen) atoms. The van der Waals surface area contributed by atoms with Crippen molar-refractivity contribution in [1.82, 2.24) is 5.06 Å². The summed E-state index contributed by atoms with van der Waals surface area (Å²) >= 11 is 11.7. The van der Waals surface area contributed by atoms with Crippen molar-refractivity contribution in [1.29, 1.82) is 0 Å². The Morgan fingerprint density at radius 2 is 2.00 bits per heavy atom. The third kappa shape index (κ3) is 2.09. The number of anilines is 1. The minimum Gasteiger partial charge on any atom is -0.396 e. The molecule has 0 saturated carbocycles. The predicted molar refractivity (Wildman–Crippen MR) is 62.5 cm³/mol. The summed E-state index contributed by atoms with van der Waals surface area (Å²) in [6.45, 7) is 1.14. The third-order valence-corrected chi connectivity index (χ3v) is 2.93. The van der Waals surface area contributed by atoms with Crippen molar-refractivity contribution in [2.24, 2.45) is 0 Å². The average Bonchev–Trinajstić information content (AvgIpc) is 2.77. The van der Waals surface area contributed by atoms with Gasteiger partial charge in [0.05, 0.1) is 28.9 Å². The predicted octanol–water partition coefficient (Wildman–Crippen LogP) is 2.35. The molecule has 6 heteroatoms. The number of hydrogen-bond acceptors (Lipinski definition) is 3. The van der Waals surface area contributed by atoms with Gasteiger partial charge in [0.25, 0.3) is 5.91 Å². The highest BCUT2D eigenvalue weighted by atomic mass is 35.5. The number of hydrogen-bond donors (Lipinski definition) is 1. The fraction of sp³-hybridized carbons (Fsp3) is 0.300. The first-order chi connectivity index (χ1) is 7.59. The molecule has 0 bridgehead atoms. The summed E-state index contributed by atoms with van der Waals surface area (Å²) in [5.41, 5.74) is 6.24. The van der Waals surface area contributed by atoms with Gasteiger partial charge in [-0.3, -0.25) is 9.63 Å². The number of nitrogen functional groups attached to an aromatic ring is 1. The van der Waals surface area contributed by atoms with E-state index in [2.05, 4.69) is 0 Å². The van der Waals surface area contributed by atoms with Crippen LogP contribution in [0, 0.1) is 0 Å². The highest BCUT2D eigenvalue weighted by Crippen LogP contribution is 2.29. The first-order valence-electron chi connectivity index (χ1n) is 4.79. The molecule has 0 aliphatic carbocycles. The maximum absolute atomic E-state index is 11.9. The second kappa shape index (κ2) is 4.49. The van der Waals surface area contributed by atoms with Crippen molar-refractivity contribution in [3.63, 3.8) is 0 Å². The summed E-state index contributed by atoms with van der Waals surface area (Å²) in [5.74, 6) is -0.249. The molecule has 1 aliphatic heterocycles. The first-order valence-corrected chi connectivity index (χ1v) is 5.54. The van der Waals surface area contributed by atoms with Crippen molar-refractivity contribution in [3.8, 4) is 0 Å². The van der Waals surface area contributed by atoms with Crippen LogP contribution in [0.15, 0.2) is 12.1 Å². The van der Waals surface area contributed by atoms with E-state index in [1.807, 2.05) is 0 Å². The molecule has 0 aromatic heterocycles. The lowest BCUT2D eigenvalue weighted by atomic mass is 10.2. The van der Waals surface area contributed by atoms with Crippen molar-refractivity contribution in [3.05, 3.63) is 27.7 Å². The van der Waals surface area contributed by atoms with Gasteiger partial charge in [-0.2, -0.15) is 0 Å². The lowest BCUT2D eigenvalue weighted by Gasteiger charge is -2.14. The summed E-state index contributed by atoms with van der Waals surface area (Å²) in [6.07, 6.45) is 0.835. The summed E-state index contributed by atoms with van der Waals surface area (Å²) in [5, 5.41) is 1.85. The number of carbonyl (C=O) groups is 1. The minimum absolute atomic E-state index is 0.249. The molecule has 1 aromatic rings. The van der Waals surface area contributed by atoms with Crippen LogP contribution in [-0.4, -0.2) is 24.1 Å². The molecule has 1 heterocycles. The highest BCUT2D eigenvalue weighted by Gasteiger charge is 2.22.